The van der Waals surface area contributed by atoms with Gasteiger partial charge >= 0.3 is 0 Å². The van der Waals surface area contributed by atoms with E-state index in [4.69, 9.17) is 15.5 Å². The summed E-state index contributed by atoms with van der Waals surface area (Å²) < 4.78 is 5.27. The summed E-state index contributed by atoms with van der Waals surface area (Å²) in [5.41, 5.74) is 10.5. The smallest absolute Gasteiger partial charge is 0.205 e. The van der Waals surface area contributed by atoms with Crippen molar-refractivity contribution in [2.75, 3.05) is 12.8 Å². The number of methoxy groups -OCH3 is 1. The minimum Gasteiger partial charge on any atom is -0.497 e. The molecule has 0 atom stereocenters. The standard InChI is InChI=1S/C25H18N2O2S2/c1-29-17-10-5-9-16(13-17)23(28)24-22(26)21-18(15-7-3-2-4-8-15)14-19(27-25(21)31-24)20-11-6-12-30-20/h2-14H,26H2,1H3. The number of nitrogens with zero attached hydrogens (tertiary/aromatic N) is 1. The van der Waals surface area contributed by atoms with Crippen molar-refractivity contribution in [3.63, 3.8) is 0 Å². The maximum Gasteiger partial charge on any atom is 0.205 e. The van der Waals surface area contributed by atoms with Gasteiger partial charge in [-0.2, -0.15) is 0 Å². The summed E-state index contributed by atoms with van der Waals surface area (Å²) in [6, 6.07) is 23.3. The van der Waals surface area contributed by atoms with Crippen molar-refractivity contribution in [2.45, 2.75) is 0 Å². The van der Waals surface area contributed by atoms with E-state index in [0.717, 1.165) is 31.9 Å². The van der Waals surface area contributed by atoms with Gasteiger partial charge in [0.15, 0.2) is 0 Å². The van der Waals surface area contributed by atoms with Gasteiger partial charge in [-0.1, -0.05) is 48.5 Å². The number of aromatic nitrogens is 1. The Morgan fingerprint density at radius 2 is 1.84 bits per heavy atom. The predicted octanol–water partition coefficient (Wildman–Crippen LogP) is 6.51. The van der Waals surface area contributed by atoms with E-state index >= 15 is 0 Å². The Morgan fingerprint density at radius 3 is 2.58 bits per heavy atom. The molecule has 152 valence electrons. The molecular weight excluding hydrogens is 424 g/mol. The van der Waals surface area contributed by atoms with Gasteiger partial charge in [0, 0.05) is 10.9 Å². The molecule has 4 nitrogen and oxygen atoms in total. The number of benzene rings is 2. The molecule has 0 saturated heterocycles. The van der Waals surface area contributed by atoms with Crippen LogP contribution in [0.1, 0.15) is 15.2 Å². The van der Waals surface area contributed by atoms with E-state index in [0.29, 0.717) is 21.9 Å². The Kier molecular flexibility index (Phi) is 5.02. The molecule has 0 radical (unpaired) electrons. The quantitative estimate of drug-likeness (QED) is 0.315. The molecule has 0 aliphatic heterocycles. The van der Waals surface area contributed by atoms with Crippen molar-refractivity contribution >= 4 is 44.4 Å². The second kappa shape index (κ2) is 7.98. The number of hydrogen-bond acceptors (Lipinski definition) is 6. The highest BCUT2D eigenvalue weighted by Crippen LogP contribution is 2.42. The van der Waals surface area contributed by atoms with Crippen LogP contribution in [0.3, 0.4) is 0 Å². The molecule has 31 heavy (non-hydrogen) atoms. The number of pyridine rings is 1. The lowest BCUT2D eigenvalue weighted by Gasteiger charge is -2.08. The summed E-state index contributed by atoms with van der Waals surface area (Å²) in [7, 11) is 1.58. The van der Waals surface area contributed by atoms with Gasteiger partial charge in [0.25, 0.3) is 0 Å². The van der Waals surface area contributed by atoms with E-state index < -0.39 is 0 Å². The van der Waals surface area contributed by atoms with Crippen LogP contribution in [0.25, 0.3) is 31.9 Å². The Bertz CT molecular complexity index is 1390. The minimum absolute atomic E-state index is 0.129. The van der Waals surface area contributed by atoms with Crippen molar-refractivity contribution in [1.82, 2.24) is 4.98 Å². The van der Waals surface area contributed by atoms with Crippen LogP contribution in [0.5, 0.6) is 5.75 Å². The number of anilines is 1. The van der Waals surface area contributed by atoms with E-state index in [1.807, 2.05) is 53.9 Å². The van der Waals surface area contributed by atoms with Crippen molar-refractivity contribution in [3.05, 3.63) is 88.6 Å². The molecule has 6 heteroatoms. The van der Waals surface area contributed by atoms with Crippen LogP contribution in [-0.2, 0) is 0 Å². The molecule has 0 aliphatic carbocycles. The van der Waals surface area contributed by atoms with Gasteiger partial charge < -0.3 is 10.5 Å². The number of thiophene rings is 2. The molecule has 5 rings (SSSR count). The molecule has 0 bridgehead atoms. The molecule has 5 aromatic rings. The van der Waals surface area contributed by atoms with E-state index in [1.165, 1.54) is 11.3 Å². The molecule has 0 fully saturated rings. The first kappa shape index (κ1) is 19.5. The Labute approximate surface area is 187 Å². The fraction of sp³-hybridized carbons (Fsp3) is 0.0400. The fourth-order valence-corrected chi connectivity index (χ4v) is 5.35. The summed E-state index contributed by atoms with van der Waals surface area (Å²) in [5.74, 6) is 0.504. The van der Waals surface area contributed by atoms with Crippen LogP contribution >= 0.6 is 22.7 Å². The van der Waals surface area contributed by atoms with Gasteiger partial charge in [0.2, 0.25) is 5.78 Å². The first-order chi connectivity index (χ1) is 15.2. The second-order valence-corrected chi connectivity index (χ2v) is 8.93. The average molecular weight is 443 g/mol. The zero-order valence-electron chi connectivity index (χ0n) is 16.7. The third-order valence-electron chi connectivity index (χ3n) is 5.10. The summed E-state index contributed by atoms with van der Waals surface area (Å²) in [4.78, 5) is 20.5. The Balaban J connectivity index is 1.74. The number of carbonyl (C=O) groups is 1. The van der Waals surface area contributed by atoms with Crippen molar-refractivity contribution < 1.29 is 9.53 Å². The molecule has 3 heterocycles. The number of ether oxygens (including phenoxy) is 1. The summed E-state index contributed by atoms with van der Waals surface area (Å²) >= 11 is 2.98. The lowest BCUT2D eigenvalue weighted by molar-refractivity contribution is 0.104. The monoisotopic (exact) mass is 442 g/mol. The first-order valence-corrected chi connectivity index (χ1v) is 11.4. The van der Waals surface area contributed by atoms with Crippen LogP contribution in [0, 0.1) is 0 Å². The topological polar surface area (TPSA) is 65.2 Å². The highest BCUT2D eigenvalue weighted by atomic mass is 32.1. The van der Waals surface area contributed by atoms with E-state index in [-0.39, 0.29) is 5.78 Å². The Hall–Kier alpha value is -3.48. The molecule has 2 N–H and O–H groups in total. The average Bonchev–Trinajstić information content (AvgIpc) is 3.47. The van der Waals surface area contributed by atoms with Gasteiger partial charge in [0.05, 0.1) is 23.4 Å². The largest absolute Gasteiger partial charge is 0.497 e. The van der Waals surface area contributed by atoms with Crippen LogP contribution in [0.4, 0.5) is 5.69 Å². The van der Waals surface area contributed by atoms with E-state index in [2.05, 4.69) is 6.07 Å². The second-order valence-electron chi connectivity index (χ2n) is 6.98. The van der Waals surface area contributed by atoms with Crippen LogP contribution in [0.2, 0.25) is 0 Å². The molecule has 0 amide bonds. The third kappa shape index (κ3) is 3.50. The molecule has 0 saturated carbocycles. The van der Waals surface area contributed by atoms with Crippen molar-refractivity contribution in [1.29, 1.82) is 0 Å². The number of carbonyl (C=O) groups excluding carboxylic acids is 1. The normalized spacial score (nSPS) is 11.0. The number of ketones is 1. The third-order valence-corrected chi connectivity index (χ3v) is 7.09. The van der Waals surface area contributed by atoms with E-state index in [9.17, 15) is 4.79 Å². The minimum atomic E-state index is -0.129. The van der Waals surface area contributed by atoms with Gasteiger partial charge in [-0.15, -0.1) is 22.7 Å². The van der Waals surface area contributed by atoms with Crippen molar-refractivity contribution in [2.24, 2.45) is 0 Å². The lowest BCUT2D eigenvalue weighted by atomic mass is 10.00. The summed E-state index contributed by atoms with van der Waals surface area (Å²) in [5, 5.41) is 2.85. The fourth-order valence-electron chi connectivity index (χ4n) is 3.58. The molecule has 0 aliphatic rings. The van der Waals surface area contributed by atoms with Gasteiger partial charge in [-0.05, 0) is 40.8 Å². The summed E-state index contributed by atoms with van der Waals surface area (Å²) in [6.45, 7) is 0. The molecule has 0 spiro atoms. The predicted molar refractivity (Wildman–Crippen MR) is 129 cm³/mol. The van der Waals surface area contributed by atoms with E-state index in [1.54, 1.807) is 36.6 Å². The maximum absolute atomic E-state index is 13.3. The first-order valence-electron chi connectivity index (χ1n) is 9.67. The van der Waals surface area contributed by atoms with Crippen LogP contribution in [-0.4, -0.2) is 17.9 Å². The van der Waals surface area contributed by atoms with Crippen LogP contribution < -0.4 is 10.5 Å². The lowest BCUT2D eigenvalue weighted by Crippen LogP contribution is -2.02. The van der Waals surface area contributed by atoms with Gasteiger partial charge in [0.1, 0.15) is 15.5 Å². The number of nitrogens with two attached hydrogens (primary N) is 1. The van der Waals surface area contributed by atoms with Gasteiger partial charge in [-0.3, -0.25) is 4.79 Å². The molecule has 3 aromatic heterocycles. The number of nitrogen functional groups attached to an aromatic ring is 1. The maximum atomic E-state index is 13.3. The molecule has 0 unspecified atom stereocenters. The Morgan fingerprint density at radius 1 is 1.00 bits per heavy atom. The molecular formula is C25H18N2O2S2. The number of fused-ring (bicyclic) bond motifs is 1. The van der Waals surface area contributed by atoms with Gasteiger partial charge in [-0.25, -0.2) is 4.98 Å². The number of hydrogen-bond donors (Lipinski definition) is 1. The SMILES string of the molecule is COc1cccc(C(=O)c2sc3nc(-c4cccs4)cc(-c4ccccc4)c3c2N)c1. The molecule has 2 aromatic carbocycles. The highest BCUT2D eigenvalue weighted by molar-refractivity contribution is 7.21. The zero-order valence-corrected chi connectivity index (χ0v) is 18.3. The van der Waals surface area contributed by atoms with Crippen LogP contribution in [0.15, 0.2) is 78.2 Å². The van der Waals surface area contributed by atoms with Crippen molar-refractivity contribution in [3.8, 4) is 27.4 Å². The zero-order chi connectivity index (χ0) is 21.4. The summed E-state index contributed by atoms with van der Waals surface area (Å²) in [6.07, 6.45) is 0. The highest BCUT2D eigenvalue weighted by Gasteiger charge is 2.23. The number of rotatable bonds is 5.